The number of amides is 1. The van der Waals surface area contributed by atoms with Crippen LogP contribution >= 0.6 is 0 Å². The first-order chi connectivity index (χ1) is 11.7. The summed E-state index contributed by atoms with van der Waals surface area (Å²) in [5.74, 6) is 0. The zero-order chi connectivity index (χ0) is 18.9. The molecule has 0 heterocycles. The van der Waals surface area contributed by atoms with Gasteiger partial charge in [-0.2, -0.15) is 0 Å². The van der Waals surface area contributed by atoms with Crippen LogP contribution in [-0.2, 0) is 19.0 Å². The second kappa shape index (κ2) is 30.2. The normalized spacial score (nSPS) is 10.8. The third-order valence-corrected chi connectivity index (χ3v) is 2.66. The number of hydrogen-bond acceptors (Lipinski definition) is 6. The van der Waals surface area contributed by atoms with E-state index in [4.69, 9.17) is 25.7 Å². The quantitative estimate of drug-likeness (QED) is 0.303. The van der Waals surface area contributed by atoms with Gasteiger partial charge in [-0.25, -0.2) is 0 Å². The topological polar surface area (TPSA) is 109 Å². The van der Waals surface area contributed by atoms with Gasteiger partial charge in [0, 0.05) is 19.1 Å². The van der Waals surface area contributed by atoms with Gasteiger partial charge >= 0.3 is 0 Å². The maximum absolute atomic E-state index is 9.85. The summed E-state index contributed by atoms with van der Waals surface area (Å²) >= 11 is 0. The van der Waals surface area contributed by atoms with Gasteiger partial charge in [0.15, 0.2) is 0 Å². The lowest BCUT2D eigenvalue weighted by Crippen LogP contribution is -2.19. The Morgan fingerprint density at radius 1 is 0.958 bits per heavy atom. The van der Waals surface area contributed by atoms with Crippen LogP contribution in [-0.4, -0.2) is 65.2 Å². The largest absolute Gasteiger partial charge is 0.378 e. The fourth-order valence-electron chi connectivity index (χ4n) is 1.39. The van der Waals surface area contributed by atoms with Crippen molar-refractivity contribution in [3.8, 4) is 0 Å². The first kappa shape index (κ1) is 28.1. The predicted molar refractivity (Wildman–Crippen MR) is 100 cm³/mol. The zero-order valence-corrected chi connectivity index (χ0v) is 16.2. The number of ether oxygens (including phenoxy) is 3. The van der Waals surface area contributed by atoms with Gasteiger partial charge in [-0.05, 0) is 12.8 Å². The molecule has 0 aliphatic heterocycles. The van der Waals surface area contributed by atoms with Crippen molar-refractivity contribution < 1.29 is 19.0 Å². The molecule has 0 bridgehead atoms. The number of nitrogens with one attached hydrogen (secondary N) is 1. The lowest BCUT2D eigenvalue weighted by Gasteiger charge is -2.05. The second-order valence-corrected chi connectivity index (χ2v) is 4.65. The first-order valence-electron chi connectivity index (χ1n) is 9.08. The summed E-state index contributed by atoms with van der Waals surface area (Å²) in [5.41, 5.74) is 10.8. The Hall–Kier alpha value is -0.730. The van der Waals surface area contributed by atoms with E-state index in [9.17, 15) is 4.79 Å². The van der Waals surface area contributed by atoms with Gasteiger partial charge in [0.1, 0.15) is 0 Å². The van der Waals surface area contributed by atoms with Gasteiger partial charge < -0.3 is 31.0 Å². The molecule has 0 aromatic carbocycles. The highest BCUT2D eigenvalue weighted by molar-refractivity contribution is 5.45. The van der Waals surface area contributed by atoms with Crippen molar-refractivity contribution in [2.75, 3.05) is 52.7 Å². The highest BCUT2D eigenvalue weighted by Gasteiger charge is 1.93. The van der Waals surface area contributed by atoms with E-state index >= 15 is 0 Å². The lowest BCUT2D eigenvalue weighted by atomic mass is 10.1. The van der Waals surface area contributed by atoms with E-state index in [1.807, 2.05) is 13.8 Å². The van der Waals surface area contributed by atoms with E-state index < -0.39 is 0 Å². The van der Waals surface area contributed by atoms with E-state index in [1.54, 1.807) is 0 Å². The van der Waals surface area contributed by atoms with E-state index in [2.05, 4.69) is 19.2 Å². The molecule has 0 saturated heterocycles. The summed E-state index contributed by atoms with van der Waals surface area (Å²) in [6, 6.07) is 0.449. The van der Waals surface area contributed by atoms with Gasteiger partial charge in [-0.1, -0.05) is 34.1 Å². The van der Waals surface area contributed by atoms with Crippen LogP contribution in [0.2, 0.25) is 0 Å². The van der Waals surface area contributed by atoms with Crippen LogP contribution in [0.5, 0.6) is 0 Å². The molecule has 0 spiro atoms. The van der Waals surface area contributed by atoms with Crippen LogP contribution in [0.15, 0.2) is 0 Å². The van der Waals surface area contributed by atoms with Crippen LogP contribution < -0.4 is 16.8 Å². The summed E-state index contributed by atoms with van der Waals surface area (Å²) in [5, 5.41) is 2.50. The van der Waals surface area contributed by atoms with E-state index in [1.165, 1.54) is 12.8 Å². The molecule has 1 amide bonds. The molecule has 0 aliphatic carbocycles. The fourth-order valence-corrected chi connectivity index (χ4v) is 1.39. The number of nitrogens with two attached hydrogens (primary N) is 2. The average Bonchev–Trinajstić information content (AvgIpc) is 2.62. The molecule has 148 valence electrons. The van der Waals surface area contributed by atoms with Crippen molar-refractivity contribution >= 4 is 6.41 Å². The smallest absolute Gasteiger partial charge is 0.207 e. The molecule has 0 radical (unpaired) electrons. The molecule has 1 atom stereocenters. The average molecular weight is 352 g/mol. The monoisotopic (exact) mass is 351 g/mol. The highest BCUT2D eigenvalue weighted by Crippen LogP contribution is 1.95. The molecular weight excluding hydrogens is 310 g/mol. The van der Waals surface area contributed by atoms with Gasteiger partial charge in [0.2, 0.25) is 6.41 Å². The molecule has 24 heavy (non-hydrogen) atoms. The predicted octanol–water partition coefficient (Wildman–Crippen LogP) is 1.29. The maximum atomic E-state index is 9.85. The molecule has 0 rings (SSSR count). The summed E-state index contributed by atoms with van der Waals surface area (Å²) in [6.07, 6.45) is 4.16. The first-order valence-corrected chi connectivity index (χ1v) is 9.08. The fraction of sp³-hybridized carbons (Fsp3) is 0.941. The minimum Gasteiger partial charge on any atom is -0.378 e. The Morgan fingerprint density at radius 3 is 1.83 bits per heavy atom. The number of carbonyl (C=O) groups is 1. The summed E-state index contributed by atoms with van der Waals surface area (Å²) < 4.78 is 15.5. The molecule has 0 aromatic heterocycles. The highest BCUT2D eigenvalue weighted by atomic mass is 16.5. The molecule has 0 aliphatic rings. The summed E-state index contributed by atoms with van der Waals surface area (Å²) in [6.45, 7) is 12.6. The summed E-state index contributed by atoms with van der Waals surface area (Å²) in [7, 11) is 0. The molecule has 5 N–H and O–H groups in total. The van der Waals surface area contributed by atoms with Crippen LogP contribution in [0.4, 0.5) is 0 Å². The van der Waals surface area contributed by atoms with Crippen LogP contribution in [0, 0.1) is 0 Å². The minimum absolute atomic E-state index is 0.449. The molecule has 7 heteroatoms. The van der Waals surface area contributed by atoms with Crippen molar-refractivity contribution in [1.82, 2.24) is 5.32 Å². The van der Waals surface area contributed by atoms with Crippen molar-refractivity contribution in [1.29, 1.82) is 0 Å². The zero-order valence-electron chi connectivity index (χ0n) is 16.2. The number of carbonyl (C=O) groups excluding carboxylic acids is 1. The van der Waals surface area contributed by atoms with Gasteiger partial charge in [-0.3, -0.25) is 4.79 Å². The van der Waals surface area contributed by atoms with Crippen molar-refractivity contribution in [3.05, 3.63) is 0 Å². The van der Waals surface area contributed by atoms with Gasteiger partial charge in [0.05, 0.1) is 39.6 Å². The van der Waals surface area contributed by atoms with Gasteiger partial charge in [0.25, 0.3) is 0 Å². The SMILES string of the molecule is CC.CCCC(N)CC.NCCOCCOCCOCCNC=O. The Labute approximate surface area is 148 Å². The molecular formula is C17H41N3O4. The molecule has 1 unspecified atom stereocenters. The second-order valence-electron chi connectivity index (χ2n) is 4.65. The van der Waals surface area contributed by atoms with Crippen LogP contribution in [0.1, 0.15) is 47.0 Å². The standard InChI is InChI=1S/C9H20N2O4.C6H15N.C2H6/c10-1-3-13-5-7-15-8-6-14-4-2-11-9-12;1-3-5-6(7)4-2;1-2/h9H,1-8,10H2,(H,11,12);6H,3-5,7H2,1-2H3;1-2H3. The Balaban J connectivity index is -0.000000410. The third kappa shape index (κ3) is 33.0. The van der Waals surface area contributed by atoms with Gasteiger partial charge in [-0.15, -0.1) is 0 Å². The lowest BCUT2D eigenvalue weighted by molar-refractivity contribution is -0.109. The van der Waals surface area contributed by atoms with E-state index in [0.29, 0.717) is 65.2 Å². The Kier molecular flexibility index (Phi) is 35.3. The van der Waals surface area contributed by atoms with Crippen molar-refractivity contribution in [3.63, 3.8) is 0 Å². The van der Waals surface area contributed by atoms with Crippen LogP contribution in [0.3, 0.4) is 0 Å². The summed E-state index contributed by atoms with van der Waals surface area (Å²) in [4.78, 5) is 9.85. The molecule has 0 saturated carbocycles. The maximum Gasteiger partial charge on any atom is 0.207 e. The Bertz CT molecular complexity index is 210. The van der Waals surface area contributed by atoms with E-state index in [0.717, 1.165) is 6.42 Å². The number of rotatable bonds is 15. The van der Waals surface area contributed by atoms with Crippen molar-refractivity contribution in [2.24, 2.45) is 11.5 Å². The van der Waals surface area contributed by atoms with Crippen molar-refractivity contribution in [2.45, 2.75) is 53.0 Å². The third-order valence-electron chi connectivity index (χ3n) is 2.66. The molecule has 7 nitrogen and oxygen atoms in total. The minimum atomic E-state index is 0.449. The van der Waals surface area contributed by atoms with Crippen LogP contribution in [0.25, 0.3) is 0 Å². The Morgan fingerprint density at radius 2 is 1.46 bits per heavy atom. The molecule has 0 aromatic rings. The van der Waals surface area contributed by atoms with E-state index in [-0.39, 0.29) is 0 Å². The molecule has 0 fully saturated rings. The number of hydrogen-bond donors (Lipinski definition) is 3.